The largest absolute Gasteiger partial charge is 0.326 e. The molecule has 0 aliphatic heterocycles. The monoisotopic (exact) mass is 195 g/mol. The van der Waals surface area contributed by atoms with E-state index in [1.165, 1.54) is 30.2 Å². The van der Waals surface area contributed by atoms with Crippen LogP contribution in [0.5, 0.6) is 0 Å². The third kappa shape index (κ3) is 2.91. The van der Waals surface area contributed by atoms with Crippen LogP contribution in [0.4, 0.5) is 0 Å². The van der Waals surface area contributed by atoms with Crippen molar-refractivity contribution < 1.29 is 9.59 Å². The van der Waals surface area contributed by atoms with Crippen LogP contribution in [-0.2, 0) is 9.59 Å². The molecule has 0 amide bonds. The molecule has 1 rings (SSSR count). The van der Waals surface area contributed by atoms with Gasteiger partial charge in [-0.3, -0.25) is 9.59 Å². The van der Waals surface area contributed by atoms with Crippen molar-refractivity contribution >= 4 is 23.5 Å². The summed E-state index contributed by atoms with van der Waals surface area (Å²) in [5, 5.41) is 0. The van der Waals surface area contributed by atoms with Crippen molar-refractivity contribution in [3.8, 4) is 0 Å². The molecule has 1 N–H and O–H groups in total. The van der Waals surface area contributed by atoms with E-state index in [9.17, 15) is 9.59 Å². The molecule has 0 atom stereocenters. The van der Waals surface area contributed by atoms with Crippen LogP contribution < -0.4 is 4.72 Å². The van der Waals surface area contributed by atoms with E-state index in [4.69, 9.17) is 0 Å². The van der Waals surface area contributed by atoms with Crippen molar-refractivity contribution in [2.75, 3.05) is 5.75 Å². The first kappa shape index (κ1) is 9.80. The maximum absolute atomic E-state index is 11.1. The summed E-state index contributed by atoms with van der Waals surface area (Å²) in [6.45, 7) is 3.53. The lowest BCUT2D eigenvalue weighted by Gasteiger charge is -2.07. The first-order valence-corrected chi connectivity index (χ1v) is 4.69. The molecule has 0 aromatic heterocycles. The Morgan fingerprint density at radius 3 is 2.92 bits per heavy atom. The number of rotatable bonds is 4. The maximum Gasteiger partial charge on any atom is 0.202 e. The van der Waals surface area contributed by atoms with Crippen LogP contribution in [0.3, 0.4) is 0 Å². The summed E-state index contributed by atoms with van der Waals surface area (Å²) in [6, 6.07) is 0. The minimum Gasteiger partial charge on any atom is -0.326 e. The van der Waals surface area contributed by atoms with Gasteiger partial charge < -0.3 is 4.72 Å². The molecule has 0 radical (unpaired) electrons. The molecule has 0 unspecified atom stereocenters. The topological polar surface area (TPSA) is 46.2 Å². The van der Waals surface area contributed by atoms with Crippen LogP contribution in [0.1, 0.15) is 0 Å². The van der Waals surface area contributed by atoms with Gasteiger partial charge in [0.05, 0.1) is 5.70 Å². The Hall–Kier alpha value is -1.29. The zero-order valence-electron chi connectivity index (χ0n) is 6.95. The molecule has 0 aromatic carbocycles. The highest BCUT2D eigenvalue weighted by atomic mass is 32.2. The number of carbonyl (C=O) groups is 2. The highest BCUT2D eigenvalue weighted by Crippen LogP contribution is 2.06. The highest BCUT2D eigenvalue weighted by molar-refractivity contribution is 7.97. The van der Waals surface area contributed by atoms with E-state index in [1.54, 1.807) is 6.08 Å². The summed E-state index contributed by atoms with van der Waals surface area (Å²) >= 11 is 1.32. The van der Waals surface area contributed by atoms with Crippen molar-refractivity contribution in [3.05, 3.63) is 36.6 Å². The van der Waals surface area contributed by atoms with Crippen molar-refractivity contribution in [2.24, 2.45) is 0 Å². The second kappa shape index (κ2) is 4.67. The van der Waals surface area contributed by atoms with E-state index >= 15 is 0 Å². The molecule has 4 heteroatoms. The van der Waals surface area contributed by atoms with Gasteiger partial charge in [0.2, 0.25) is 5.78 Å². The number of carbonyl (C=O) groups excluding carboxylic acids is 2. The van der Waals surface area contributed by atoms with Gasteiger partial charge in [0.15, 0.2) is 5.78 Å². The predicted molar refractivity (Wildman–Crippen MR) is 53.0 cm³/mol. The maximum atomic E-state index is 11.1. The van der Waals surface area contributed by atoms with E-state index in [0.29, 0.717) is 11.4 Å². The van der Waals surface area contributed by atoms with Crippen molar-refractivity contribution in [3.63, 3.8) is 0 Å². The van der Waals surface area contributed by atoms with Crippen LogP contribution in [-0.4, -0.2) is 17.3 Å². The molecule has 0 fully saturated rings. The highest BCUT2D eigenvalue weighted by Gasteiger charge is 2.11. The Labute approximate surface area is 80.7 Å². The van der Waals surface area contributed by atoms with E-state index in [0.717, 1.165) is 0 Å². The fourth-order valence-electron chi connectivity index (χ4n) is 0.767. The van der Waals surface area contributed by atoms with Crippen LogP contribution >= 0.6 is 11.9 Å². The van der Waals surface area contributed by atoms with Crippen LogP contribution in [0.2, 0.25) is 0 Å². The molecule has 0 spiro atoms. The molecule has 0 saturated heterocycles. The quantitative estimate of drug-likeness (QED) is 0.314. The molecular weight excluding hydrogens is 186 g/mol. The molecular formula is C9H9NO2S. The van der Waals surface area contributed by atoms with Gasteiger partial charge >= 0.3 is 0 Å². The zero-order valence-corrected chi connectivity index (χ0v) is 7.76. The summed E-state index contributed by atoms with van der Waals surface area (Å²) in [7, 11) is 0. The molecule has 0 aromatic rings. The van der Waals surface area contributed by atoms with Crippen LogP contribution in [0.15, 0.2) is 36.6 Å². The summed E-state index contributed by atoms with van der Waals surface area (Å²) in [6.07, 6.45) is 5.52. The van der Waals surface area contributed by atoms with Crippen molar-refractivity contribution in [1.82, 2.24) is 4.72 Å². The lowest BCUT2D eigenvalue weighted by molar-refractivity contribution is -0.114. The molecule has 3 nitrogen and oxygen atoms in total. The Morgan fingerprint density at radius 1 is 1.46 bits per heavy atom. The SMILES string of the molecule is C=CCSNC1=CC(=O)C=CC1=O. The first-order valence-electron chi connectivity index (χ1n) is 3.71. The number of hydrogen-bond donors (Lipinski definition) is 1. The molecule has 13 heavy (non-hydrogen) atoms. The predicted octanol–water partition coefficient (Wildman–Crippen LogP) is 1.00. The van der Waals surface area contributed by atoms with Gasteiger partial charge in [0, 0.05) is 11.8 Å². The van der Waals surface area contributed by atoms with Gasteiger partial charge in [-0.2, -0.15) is 0 Å². The smallest absolute Gasteiger partial charge is 0.202 e. The summed E-state index contributed by atoms with van der Waals surface area (Å²) in [4.78, 5) is 22.0. The second-order valence-corrected chi connectivity index (χ2v) is 3.19. The normalized spacial score (nSPS) is 15.5. The van der Waals surface area contributed by atoms with Gasteiger partial charge in [-0.05, 0) is 24.1 Å². The summed E-state index contributed by atoms with van der Waals surface area (Å²) in [5.41, 5.74) is 0.333. The molecule has 0 bridgehead atoms. The van der Waals surface area contributed by atoms with Crippen molar-refractivity contribution in [2.45, 2.75) is 0 Å². The Bertz CT molecular complexity index is 305. The molecule has 1 aliphatic carbocycles. The van der Waals surface area contributed by atoms with Crippen LogP contribution in [0, 0.1) is 0 Å². The van der Waals surface area contributed by atoms with E-state index in [2.05, 4.69) is 11.3 Å². The minimum atomic E-state index is -0.170. The fourth-order valence-corrected chi connectivity index (χ4v) is 1.28. The number of nitrogens with one attached hydrogen (secondary N) is 1. The molecule has 0 saturated carbocycles. The molecule has 1 aliphatic rings. The Morgan fingerprint density at radius 2 is 2.23 bits per heavy atom. The average Bonchev–Trinajstić information content (AvgIpc) is 2.11. The van der Waals surface area contributed by atoms with Gasteiger partial charge in [-0.15, -0.1) is 6.58 Å². The first-order chi connectivity index (χ1) is 6.24. The third-order valence-corrected chi connectivity index (χ3v) is 2.10. The van der Waals surface area contributed by atoms with Gasteiger partial charge in [-0.25, -0.2) is 0 Å². The standard InChI is InChI=1S/C9H9NO2S/c1-2-5-13-10-8-6-7(11)3-4-9(8)12/h2-4,6,10H,1,5H2. The van der Waals surface area contributed by atoms with Gasteiger partial charge in [-0.1, -0.05) is 6.08 Å². The second-order valence-electron chi connectivity index (χ2n) is 2.36. The summed E-state index contributed by atoms with van der Waals surface area (Å²) in [5.74, 6) is 0.347. The zero-order chi connectivity index (χ0) is 9.68. The molecule has 0 heterocycles. The Kier molecular flexibility index (Phi) is 3.52. The van der Waals surface area contributed by atoms with Gasteiger partial charge in [0.25, 0.3) is 0 Å². The lowest BCUT2D eigenvalue weighted by Crippen LogP contribution is -2.17. The summed E-state index contributed by atoms with van der Waals surface area (Å²) < 4.78 is 2.79. The lowest BCUT2D eigenvalue weighted by atomic mass is 10.1. The molecule has 68 valence electrons. The number of allylic oxidation sites excluding steroid dienone is 3. The minimum absolute atomic E-state index is 0.165. The van der Waals surface area contributed by atoms with E-state index < -0.39 is 0 Å². The van der Waals surface area contributed by atoms with Crippen LogP contribution in [0.25, 0.3) is 0 Å². The number of hydrogen-bond acceptors (Lipinski definition) is 4. The van der Waals surface area contributed by atoms with E-state index in [1.807, 2.05) is 0 Å². The Balaban J connectivity index is 2.52. The third-order valence-electron chi connectivity index (χ3n) is 1.33. The number of ketones is 2. The fraction of sp³-hybridized carbons (Fsp3) is 0.111. The average molecular weight is 195 g/mol. The van der Waals surface area contributed by atoms with Crippen molar-refractivity contribution in [1.29, 1.82) is 0 Å². The van der Waals surface area contributed by atoms with E-state index in [-0.39, 0.29) is 11.6 Å². The van der Waals surface area contributed by atoms with Gasteiger partial charge in [0.1, 0.15) is 0 Å².